The lowest BCUT2D eigenvalue weighted by Gasteiger charge is -1.87. The summed E-state index contributed by atoms with van der Waals surface area (Å²) in [4.78, 5) is 0. The highest BCUT2D eigenvalue weighted by Gasteiger charge is 1.97. The van der Waals surface area contributed by atoms with Crippen molar-refractivity contribution in [2.45, 2.75) is 0 Å². The zero-order chi connectivity index (χ0) is 5.21. The van der Waals surface area contributed by atoms with E-state index in [9.17, 15) is 4.57 Å². The summed E-state index contributed by atoms with van der Waals surface area (Å²) >= 11 is 4.15. The molecule has 0 rings (SSSR count). The molecule has 0 amide bonds. The monoisotopic (exact) mass is 123 g/mol. The quantitative estimate of drug-likeness (QED) is 0.491. The van der Waals surface area contributed by atoms with Gasteiger partial charge >= 0.3 is 0 Å². The Bertz CT molecular complexity index is 95.7. The summed E-state index contributed by atoms with van der Waals surface area (Å²) in [6.45, 7) is 3.06. The number of hydrogen-bond acceptors (Lipinski definition) is 2. The van der Waals surface area contributed by atoms with Gasteiger partial charge in [0, 0.05) is 25.8 Å². The number of hydrogen-bond donors (Lipinski definition) is 0. The summed E-state index contributed by atoms with van der Waals surface area (Å²) in [6, 6.07) is 0. The van der Waals surface area contributed by atoms with Crippen LogP contribution in [0.15, 0.2) is 4.13 Å². The lowest BCUT2D eigenvalue weighted by Crippen LogP contribution is -1.59. The van der Waals surface area contributed by atoms with Gasteiger partial charge in [0.1, 0.15) is 0 Å². The summed E-state index contributed by atoms with van der Waals surface area (Å²) < 4.78 is 13.5. The van der Waals surface area contributed by atoms with E-state index in [-0.39, 0.29) is 0 Å². The van der Waals surface area contributed by atoms with E-state index in [4.69, 9.17) is 0 Å². The van der Waals surface area contributed by atoms with Crippen LogP contribution in [0.4, 0.5) is 0 Å². The van der Waals surface area contributed by atoms with Crippen molar-refractivity contribution in [3.05, 3.63) is 0 Å². The first-order valence-corrected chi connectivity index (χ1v) is 4.38. The van der Waals surface area contributed by atoms with E-state index in [1.165, 1.54) is 13.3 Å². The number of rotatable bonds is 1. The highest BCUT2D eigenvalue weighted by Crippen LogP contribution is 2.36. The summed E-state index contributed by atoms with van der Waals surface area (Å²) in [5, 5.41) is 0. The van der Waals surface area contributed by atoms with E-state index < -0.39 is 7.29 Å². The Labute approximate surface area is 42.5 Å². The molecule has 0 radical (unpaired) electrons. The normalized spacial score (nSPS) is 11.0. The maximum absolute atomic E-state index is 10.3. The second kappa shape index (κ2) is 1.80. The highest BCUT2D eigenvalue weighted by molar-refractivity contribution is 7.68. The maximum atomic E-state index is 10.3. The average molecular weight is 123 g/mol. The number of nitrogens with zero attached hydrogens (tertiary/aromatic N) is 1. The molecule has 0 atom stereocenters. The molecular weight excluding hydrogens is 117 g/mol. The molecule has 0 aliphatic rings. The van der Waals surface area contributed by atoms with Crippen LogP contribution in [0.1, 0.15) is 0 Å². The molecule has 2 nitrogen and oxygen atoms in total. The first kappa shape index (κ1) is 6.25. The van der Waals surface area contributed by atoms with Crippen LogP contribution < -0.4 is 0 Å². The Balaban J connectivity index is 3.81. The van der Waals surface area contributed by atoms with Gasteiger partial charge in [-0.3, -0.25) is 4.57 Å². The molecule has 0 N–H and O–H groups in total. The van der Waals surface area contributed by atoms with Crippen molar-refractivity contribution >= 4 is 19.7 Å². The zero-order valence-corrected chi connectivity index (χ0v) is 5.42. The van der Waals surface area contributed by atoms with Gasteiger partial charge in [-0.15, -0.1) is 0 Å². The first-order chi connectivity index (χ1) is 2.56. The average Bonchev–Trinajstić information content (AvgIpc) is 1.35. The zero-order valence-electron chi connectivity index (χ0n) is 3.71. The molecule has 0 aliphatic heterocycles. The fraction of sp³-hybridized carbons (Fsp3) is 1.00. The molecule has 0 aromatic rings. The van der Waals surface area contributed by atoms with Crippen LogP contribution in [-0.2, 0) is 17.0 Å². The Morgan fingerprint density at radius 3 is 1.83 bits per heavy atom. The maximum Gasteiger partial charge on any atom is 0.196 e. The Morgan fingerprint density at radius 2 is 1.83 bits per heavy atom. The molecule has 0 bridgehead atoms. The van der Waals surface area contributed by atoms with E-state index in [0.717, 1.165) is 0 Å². The van der Waals surface area contributed by atoms with Crippen molar-refractivity contribution < 1.29 is 4.57 Å². The molecule has 0 heterocycles. The molecule has 0 aromatic carbocycles. The van der Waals surface area contributed by atoms with Gasteiger partial charge < -0.3 is 0 Å². The minimum absolute atomic E-state index is 1.53. The largest absolute Gasteiger partial charge is 0.298 e. The van der Waals surface area contributed by atoms with Crippen LogP contribution in [0.25, 0.3) is 0 Å². The van der Waals surface area contributed by atoms with Gasteiger partial charge in [-0.2, -0.15) is 4.13 Å². The summed E-state index contributed by atoms with van der Waals surface area (Å²) in [7, 11) is -2.21. The van der Waals surface area contributed by atoms with Crippen LogP contribution in [0.5, 0.6) is 0 Å². The molecule has 0 saturated carbocycles. The van der Waals surface area contributed by atoms with Gasteiger partial charge in [-0.05, 0) is 0 Å². The predicted octanol–water partition coefficient (Wildman–Crippen LogP) is 1.25. The summed E-state index contributed by atoms with van der Waals surface area (Å²) in [6.07, 6.45) is 0. The topological polar surface area (TPSA) is 29.4 Å². The van der Waals surface area contributed by atoms with Crippen molar-refractivity contribution in [2.24, 2.45) is 4.13 Å². The van der Waals surface area contributed by atoms with Crippen LogP contribution in [0.3, 0.4) is 0 Å². The fourth-order valence-corrected chi connectivity index (χ4v) is 0. The van der Waals surface area contributed by atoms with Crippen molar-refractivity contribution in [1.82, 2.24) is 0 Å². The minimum atomic E-state index is -2.21. The molecule has 0 spiro atoms. The third kappa shape index (κ3) is 4.25. The van der Waals surface area contributed by atoms with Crippen molar-refractivity contribution in [1.29, 1.82) is 0 Å². The second-order valence-electron chi connectivity index (χ2n) is 1.38. The third-order valence-corrected chi connectivity index (χ3v) is 1.77. The van der Waals surface area contributed by atoms with Gasteiger partial charge in [0.05, 0.1) is 0 Å². The standard InChI is InChI=1S/C2H6NOPS/c1-5(2,4)3-6/h1-2H3. The lowest BCUT2D eigenvalue weighted by molar-refractivity contribution is 0.584. The van der Waals surface area contributed by atoms with Crippen molar-refractivity contribution in [2.75, 3.05) is 13.3 Å². The molecule has 0 aliphatic carbocycles. The van der Waals surface area contributed by atoms with E-state index >= 15 is 0 Å². The molecule has 0 unspecified atom stereocenters. The third-order valence-electron chi connectivity index (χ3n) is 0.197. The van der Waals surface area contributed by atoms with Crippen LogP contribution in [-0.4, -0.2) is 13.3 Å². The van der Waals surface area contributed by atoms with E-state index in [2.05, 4.69) is 16.6 Å². The van der Waals surface area contributed by atoms with E-state index in [1.807, 2.05) is 0 Å². The molecular formula is C2H6NOPS. The Kier molecular flexibility index (Phi) is 1.88. The van der Waals surface area contributed by atoms with Crippen LogP contribution in [0.2, 0.25) is 0 Å². The van der Waals surface area contributed by atoms with Gasteiger partial charge in [0.2, 0.25) is 0 Å². The van der Waals surface area contributed by atoms with Crippen molar-refractivity contribution in [3.63, 3.8) is 0 Å². The molecule has 0 fully saturated rings. The minimum Gasteiger partial charge on any atom is -0.298 e. The molecule has 4 heteroatoms. The summed E-state index contributed by atoms with van der Waals surface area (Å²) in [5.74, 6) is 0. The fourth-order valence-electron chi connectivity index (χ4n) is 0. The van der Waals surface area contributed by atoms with Gasteiger partial charge in [0.15, 0.2) is 7.29 Å². The van der Waals surface area contributed by atoms with Gasteiger partial charge in [-0.1, -0.05) is 0 Å². The molecule has 6 heavy (non-hydrogen) atoms. The van der Waals surface area contributed by atoms with E-state index in [1.54, 1.807) is 0 Å². The second-order valence-corrected chi connectivity index (χ2v) is 4.62. The van der Waals surface area contributed by atoms with Crippen LogP contribution >= 0.6 is 7.29 Å². The first-order valence-electron chi connectivity index (χ1n) is 1.46. The predicted molar refractivity (Wildman–Crippen MR) is 29.2 cm³/mol. The molecule has 0 saturated heterocycles. The van der Waals surface area contributed by atoms with Gasteiger partial charge in [0.25, 0.3) is 0 Å². The SMILES string of the molecule is CP(C)(=O)N=S. The molecule has 36 valence electrons. The van der Waals surface area contributed by atoms with Crippen molar-refractivity contribution in [3.8, 4) is 0 Å². The van der Waals surface area contributed by atoms with E-state index in [0.29, 0.717) is 0 Å². The Morgan fingerprint density at radius 1 is 1.67 bits per heavy atom. The summed E-state index contributed by atoms with van der Waals surface area (Å²) in [5.41, 5.74) is 0. The smallest absolute Gasteiger partial charge is 0.196 e. The van der Waals surface area contributed by atoms with Gasteiger partial charge in [-0.25, -0.2) is 0 Å². The molecule has 0 aromatic heterocycles. The highest BCUT2D eigenvalue weighted by atomic mass is 32.1. The van der Waals surface area contributed by atoms with Crippen LogP contribution in [0, 0.1) is 0 Å². The Hall–Kier alpha value is 0.250. The lowest BCUT2D eigenvalue weighted by atomic mass is 11.9.